The van der Waals surface area contributed by atoms with E-state index in [0.29, 0.717) is 13.0 Å². The second kappa shape index (κ2) is 8.48. The van der Waals surface area contributed by atoms with Crippen molar-refractivity contribution in [2.75, 3.05) is 26.2 Å². The number of thiazole rings is 1. The number of amides is 1. The number of carbonyl (C=O) groups is 1. The maximum absolute atomic E-state index is 11.8. The van der Waals surface area contributed by atoms with E-state index in [1.54, 1.807) is 4.57 Å². The van der Waals surface area contributed by atoms with Crippen LogP contribution in [0, 0.1) is 12.8 Å². The Morgan fingerprint density at radius 1 is 1.36 bits per heavy atom. The second-order valence-corrected chi connectivity index (χ2v) is 7.09. The number of hydrogen-bond donors (Lipinski definition) is 1. The van der Waals surface area contributed by atoms with Crippen LogP contribution in [0.25, 0.3) is 0 Å². The molecule has 124 valence electrons. The van der Waals surface area contributed by atoms with Gasteiger partial charge in [-0.1, -0.05) is 18.3 Å². The Labute approximate surface area is 136 Å². The van der Waals surface area contributed by atoms with Crippen molar-refractivity contribution in [3.63, 3.8) is 0 Å². The van der Waals surface area contributed by atoms with Gasteiger partial charge in [-0.15, -0.1) is 0 Å². The van der Waals surface area contributed by atoms with Crippen LogP contribution in [-0.2, 0) is 11.3 Å². The molecular weight excluding hydrogens is 298 g/mol. The Kier molecular flexibility index (Phi) is 6.64. The van der Waals surface area contributed by atoms with Crippen LogP contribution in [0.4, 0.5) is 0 Å². The van der Waals surface area contributed by atoms with Gasteiger partial charge in [0.2, 0.25) is 5.91 Å². The summed E-state index contributed by atoms with van der Waals surface area (Å²) >= 11 is 1.19. The summed E-state index contributed by atoms with van der Waals surface area (Å²) in [7, 11) is 0. The van der Waals surface area contributed by atoms with Gasteiger partial charge in [0.25, 0.3) is 0 Å². The number of nitrogens with one attached hydrogen (secondary N) is 1. The van der Waals surface area contributed by atoms with Gasteiger partial charge in [0.05, 0.1) is 0 Å². The van der Waals surface area contributed by atoms with Gasteiger partial charge < -0.3 is 14.8 Å². The molecule has 1 aliphatic heterocycles. The first-order valence-corrected chi connectivity index (χ1v) is 9.08. The summed E-state index contributed by atoms with van der Waals surface area (Å²) in [5.41, 5.74) is 0.933. The van der Waals surface area contributed by atoms with Gasteiger partial charge in [0, 0.05) is 30.6 Å². The van der Waals surface area contributed by atoms with E-state index in [-0.39, 0.29) is 10.8 Å². The van der Waals surface area contributed by atoms with Crippen molar-refractivity contribution in [2.24, 2.45) is 5.92 Å². The van der Waals surface area contributed by atoms with Crippen molar-refractivity contribution < 1.29 is 4.79 Å². The smallest absolute Gasteiger partial charge is 0.307 e. The van der Waals surface area contributed by atoms with Crippen LogP contribution < -0.4 is 10.2 Å². The lowest BCUT2D eigenvalue weighted by Gasteiger charge is -2.30. The summed E-state index contributed by atoms with van der Waals surface area (Å²) in [6.45, 7) is 8.86. The molecule has 1 amide bonds. The first-order chi connectivity index (χ1) is 10.6. The van der Waals surface area contributed by atoms with Crippen LogP contribution in [0.3, 0.4) is 0 Å². The van der Waals surface area contributed by atoms with E-state index >= 15 is 0 Å². The highest BCUT2D eigenvalue weighted by Crippen LogP contribution is 2.15. The third-order valence-corrected chi connectivity index (χ3v) is 5.27. The molecule has 0 bridgehead atoms. The molecule has 0 spiro atoms. The van der Waals surface area contributed by atoms with Gasteiger partial charge in [-0.2, -0.15) is 0 Å². The Bertz CT molecular complexity index is 530. The van der Waals surface area contributed by atoms with Crippen molar-refractivity contribution >= 4 is 17.2 Å². The minimum absolute atomic E-state index is 0.0182. The fourth-order valence-electron chi connectivity index (χ4n) is 2.79. The van der Waals surface area contributed by atoms with Crippen LogP contribution in [0.15, 0.2) is 10.2 Å². The van der Waals surface area contributed by atoms with E-state index in [9.17, 15) is 9.59 Å². The lowest BCUT2D eigenvalue weighted by Crippen LogP contribution is -2.35. The van der Waals surface area contributed by atoms with Gasteiger partial charge in [-0.05, 0) is 51.7 Å². The van der Waals surface area contributed by atoms with Crippen molar-refractivity contribution in [1.29, 1.82) is 0 Å². The summed E-state index contributed by atoms with van der Waals surface area (Å²) in [5.74, 6) is 0.893. The second-order valence-electron chi connectivity index (χ2n) is 6.27. The van der Waals surface area contributed by atoms with Gasteiger partial charge in [-0.3, -0.25) is 9.59 Å². The minimum atomic E-state index is 0.0182. The number of nitrogens with zero attached hydrogens (tertiary/aromatic N) is 2. The molecule has 0 unspecified atom stereocenters. The lowest BCUT2D eigenvalue weighted by atomic mass is 9.99. The molecule has 22 heavy (non-hydrogen) atoms. The van der Waals surface area contributed by atoms with Gasteiger partial charge >= 0.3 is 4.87 Å². The summed E-state index contributed by atoms with van der Waals surface area (Å²) in [4.78, 5) is 25.9. The Morgan fingerprint density at radius 2 is 2.09 bits per heavy atom. The molecule has 1 aliphatic rings. The number of piperidine rings is 1. The normalized spacial score (nSPS) is 16.8. The molecule has 0 radical (unpaired) electrons. The fraction of sp³-hybridized carbons (Fsp3) is 0.750. The van der Waals surface area contributed by atoms with Crippen molar-refractivity contribution in [3.05, 3.63) is 20.7 Å². The van der Waals surface area contributed by atoms with E-state index in [4.69, 9.17) is 0 Å². The molecule has 1 aromatic heterocycles. The van der Waals surface area contributed by atoms with E-state index < -0.39 is 0 Å². The third kappa shape index (κ3) is 5.25. The number of aromatic nitrogens is 1. The van der Waals surface area contributed by atoms with Gasteiger partial charge in [-0.25, -0.2) is 0 Å². The molecule has 1 N–H and O–H groups in total. The zero-order valence-electron chi connectivity index (χ0n) is 13.6. The molecule has 0 atom stereocenters. The predicted molar refractivity (Wildman–Crippen MR) is 90.4 cm³/mol. The molecule has 0 saturated carbocycles. The van der Waals surface area contributed by atoms with Gasteiger partial charge in [0.15, 0.2) is 0 Å². The minimum Gasteiger partial charge on any atom is -0.356 e. The Morgan fingerprint density at radius 3 is 2.73 bits per heavy atom. The lowest BCUT2D eigenvalue weighted by molar-refractivity contribution is -0.121. The average molecular weight is 325 g/mol. The zero-order valence-corrected chi connectivity index (χ0v) is 14.5. The summed E-state index contributed by atoms with van der Waals surface area (Å²) in [6.07, 6.45) is 3.96. The maximum Gasteiger partial charge on any atom is 0.307 e. The zero-order chi connectivity index (χ0) is 15.9. The Balaban J connectivity index is 1.57. The molecule has 1 saturated heterocycles. The van der Waals surface area contributed by atoms with Crippen LogP contribution in [-0.4, -0.2) is 41.6 Å². The van der Waals surface area contributed by atoms with Crippen LogP contribution in [0.2, 0.25) is 0 Å². The van der Waals surface area contributed by atoms with Crippen LogP contribution >= 0.6 is 11.3 Å². The van der Waals surface area contributed by atoms with Crippen molar-refractivity contribution in [3.8, 4) is 0 Å². The first-order valence-electron chi connectivity index (χ1n) is 8.20. The van der Waals surface area contributed by atoms with Crippen LogP contribution in [0.5, 0.6) is 0 Å². The number of likely N-dealkylation sites (tertiary alicyclic amines) is 1. The highest BCUT2D eigenvalue weighted by molar-refractivity contribution is 7.07. The monoisotopic (exact) mass is 325 g/mol. The van der Waals surface area contributed by atoms with E-state index in [2.05, 4.69) is 17.1 Å². The maximum atomic E-state index is 11.8. The van der Waals surface area contributed by atoms with E-state index in [0.717, 1.165) is 31.1 Å². The van der Waals surface area contributed by atoms with Crippen molar-refractivity contribution in [2.45, 2.75) is 46.1 Å². The molecule has 0 aromatic carbocycles. The third-order valence-electron chi connectivity index (χ3n) is 4.39. The van der Waals surface area contributed by atoms with Gasteiger partial charge in [0.1, 0.15) is 0 Å². The molecule has 1 fully saturated rings. The molecule has 5 nitrogen and oxygen atoms in total. The van der Waals surface area contributed by atoms with E-state index in [1.807, 2.05) is 12.3 Å². The standard InChI is InChI=1S/C16H27N3O2S/c1-13-4-9-18(10-5-13)8-3-7-17-15(20)6-11-19-14(2)12-22-16(19)21/h12-13H,3-11H2,1-2H3,(H,17,20). The van der Waals surface area contributed by atoms with E-state index in [1.165, 1.54) is 37.3 Å². The molecule has 2 heterocycles. The number of carbonyl (C=O) groups excluding carboxylic acids is 1. The van der Waals surface area contributed by atoms with Crippen molar-refractivity contribution in [1.82, 2.24) is 14.8 Å². The fourth-order valence-corrected chi connectivity index (χ4v) is 3.55. The largest absolute Gasteiger partial charge is 0.356 e. The summed E-state index contributed by atoms with van der Waals surface area (Å²) in [6, 6.07) is 0. The first kappa shape index (κ1) is 17.2. The number of aryl methyl sites for hydroxylation is 1. The molecular formula is C16H27N3O2S. The molecule has 6 heteroatoms. The molecule has 2 rings (SSSR count). The topological polar surface area (TPSA) is 54.3 Å². The highest BCUT2D eigenvalue weighted by atomic mass is 32.1. The highest BCUT2D eigenvalue weighted by Gasteiger charge is 2.14. The molecule has 1 aromatic rings. The SMILES string of the molecule is Cc1csc(=O)n1CCC(=O)NCCCN1CCC(C)CC1. The molecule has 0 aliphatic carbocycles. The quantitative estimate of drug-likeness (QED) is 0.779. The summed E-state index contributed by atoms with van der Waals surface area (Å²) < 4.78 is 1.67. The Hall–Kier alpha value is -1.14. The predicted octanol–water partition coefficient (Wildman–Crippen LogP) is 1.85. The summed E-state index contributed by atoms with van der Waals surface area (Å²) in [5, 5.41) is 4.79. The number of hydrogen-bond acceptors (Lipinski definition) is 4. The number of rotatable bonds is 7. The average Bonchev–Trinajstić information content (AvgIpc) is 2.82. The van der Waals surface area contributed by atoms with Crippen LogP contribution in [0.1, 0.15) is 38.3 Å².